The summed E-state index contributed by atoms with van der Waals surface area (Å²) in [7, 11) is 0. The van der Waals surface area contributed by atoms with Gasteiger partial charge in [0.2, 0.25) is 0 Å². The smallest absolute Gasteiger partial charge is 0.323 e. The molecule has 0 aliphatic heterocycles. The fourth-order valence-electron chi connectivity index (χ4n) is 2.29. The first-order valence-electron chi connectivity index (χ1n) is 7.01. The zero-order chi connectivity index (χ0) is 15.3. The molecule has 1 aromatic rings. The van der Waals surface area contributed by atoms with E-state index in [0.717, 1.165) is 0 Å². The van der Waals surface area contributed by atoms with Crippen molar-refractivity contribution in [3.8, 4) is 0 Å². The van der Waals surface area contributed by atoms with E-state index in [1.165, 1.54) is 16.0 Å². The monoisotopic (exact) mass is 295 g/mol. The SMILES string of the molecule is CCNC(C)(CC(C)Sc1cc(C)ccc1C)C(=O)O. The van der Waals surface area contributed by atoms with Crippen LogP contribution in [0.1, 0.15) is 38.3 Å². The first-order chi connectivity index (χ1) is 9.28. The number of aryl methyl sites for hydroxylation is 2. The number of carboxylic acid groups (broad SMARTS) is 1. The molecule has 0 bridgehead atoms. The number of nitrogens with one attached hydrogen (secondary N) is 1. The van der Waals surface area contributed by atoms with Crippen LogP contribution < -0.4 is 5.32 Å². The summed E-state index contributed by atoms with van der Waals surface area (Å²) in [6.45, 7) is 10.6. The number of benzene rings is 1. The van der Waals surface area contributed by atoms with Gasteiger partial charge in [-0.1, -0.05) is 31.5 Å². The first kappa shape index (κ1) is 17.1. The van der Waals surface area contributed by atoms with Gasteiger partial charge in [-0.05, 0) is 45.4 Å². The molecule has 0 radical (unpaired) electrons. The fourth-order valence-corrected chi connectivity index (χ4v) is 3.65. The number of carbonyl (C=O) groups is 1. The number of carboxylic acids is 1. The maximum Gasteiger partial charge on any atom is 0.323 e. The van der Waals surface area contributed by atoms with E-state index in [0.29, 0.717) is 13.0 Å². The van der Waals surface area contributed by atoms with Gasteiger partial charge in [0.05, 0.1) is 0 Å². The van der Waals surface area contributed by atoms with Gasteiger partial charge in [0, 0.05) is 10.1 Å². The highest BCUT2D eigenvalue weighted by molar-refractivity contribution is 8.00. The summed E-state index contributed by atoms with van der Waals surface area (Å²) < 4.78 is 0. The molecule has 1 aromatic carbocycles. The van der Waals surface area contributed by atoms with Crippen LogP contribution in [0.15, 0.2) is 23.1 Å². The van der Waals surface area contributed by atoms with Crippen molar-refractivity contribution in [2.24, 2.45) is 0 Å². The maximum atomic E-state index is 11.4. The molecule has 0 amide bonds. The Bertz CT molecular complexity index is 476. The normalized spacial score (nSPS) is 15.7. The summed E-state index contributed by atoms with van der Waals surface area (Å²) in [5.74, 6) is -0.784. The van der Waals surface area contributed by atoms with Gasteiger partial charge in [0.15, 0.2) is 0 Å². The van der Waals surface area contributed by atoms with E-state index in [-0.39, 0.29) is 5.25 Å². The molecule has 2 N–H and O–H groups in total. The molecule has 112 valence electrons. The van der Waals surface area contributed by atoms with Gasteiger partial charge in [0.25, 0.3) is 0 Å². The predicted molar refractivity (Wildman–Crippen MR) is 85.6 cm³/mol. The quantitative estimate of drug-likeness (QED) is 0.754. The van der Waals surface area contributed by atoms with Crippen LogP contribution in [0.3, 0.4) is 0 Å². The van der Waals surface area contributed by atoms with Gasteiger partial charge in [-0.2, -0.15) is 0 Å². The molecule has 4 heteroatoms. The number of aliphatic carboxylic acids is 1. The maximum absolute atomic E-state index is 11.4. The molecule has 0 fully saturated rings. The molecular weight excluding hydrogens is 270 g/mol. The highest BCUT2D eigenvalue weighted by Crippen LogP contribution is 2.31. The second kappa shape index (κ2) is 7.14. The zero-order valence-electron chi connectivity index (χ0n) is 13.0. The third kappa shape index (κ3) is 4.53. The van der Waals surface area contributed by atoms with Crippen molar-refractivity contribution < 1.29 is 9.90 Å². The second-order valence-electron chi connectivity index (χ2n) is 5.57. The fraction of sp³-hybridized carbons (Fsp3) is 0.562. The van der Waals surface area contributed by atoms with Crippen LogP contribution in [0.5, 0.6) is 0 Å². The molecule has 0 heterocycles. The van der Waals surface area contributed by atoms with Crippen LogP contribution in [-0.2, 0) is 4.79 Å². The Kier molecular flexibility index (Phi) is 6.08. The largest absolute Gasteiger partial charge is 0.480 e. The zero-order valence-corrected chi connectivity index (χ0v) is 13.8. The van der Waals surface area contributed by atoms with Gasteiger partial charge in [0.1, 0.15) is 5.54 Å². The minimum absolute atomic E-state index is 0.232. The average molecular weight is 295 g/mol. The lowest BCUT2D eigenvalue weighted by Gasteiger charge is -2.28. The Labute approximate surface area is 126 Å². The topological polar surface area (TPSA) is 49.3 Å². The van der Waals surface area contributed by atoms with E-state index >= 15 is 0 Å². The van der Waals surface area contributed by atoms with Gasteiger partial charge in [-0.15, -0.1) is 11.8 Å². The molecule has 0 saturated heterocycles. The number of rotatable bonds is 7. The Morgan fingerprint density at radius 3 is 2.65 bits per heavy atom. The van der Waals surface area contributed by atoms with Crippen molar-refractivity contribution in [2.75, 3.05) is 6.54 Å². The van der Waals surface area contributed by atoms with Crippen molar-refractivity contribution in [3.63, 3.8) is 0 Å². The molecular formula is C16H25NO2S. The molecule has 1 rings (SSSR count). The Balaban J connectivity index is 2.78. The van der Waals surface area contributed by atoms with Crippen molar-refractivity contribution >= 4 is 17.7 Å². The van der Waals surface area contributed by atoms with E-state index in [9.17, 15) is 9.90 Å². The summed E-state index contributed by atoms with van der Waals surface area (Å²) >= 11 is 1.75. The van der Waals surface area contributed by atoms with Crippen LogP contribution in [0.25, 0.3) is 0 Å². The van der Waals surface area contributed by atoms with Crippen molar-refractivity contribution in [2.45, 2.75) is 56.7 Å². The summed E-state index contributed by atoms with van der Waals surface area (Å²) in [6, 6.07) is 6.39. The summed E-state index contributed by atoms with van der Waals surface area (Å²) in [5, 5.41) is 12.7. The minimum atomic E-state index is -0.862. The van der Waals surface area contributed by atoms with E-state index in [4.69, 9.17) is 0 Å². The molecule has 20 heavy (non-hydrogen) atoms. The Hall–Kier alpha value is -1.00. The summed E-state index contributed by atoms with van der Waals surface area (Å²) in [5.41, 5.74) is 1.62. The molecule has 3 nitrogen and oxygen atoms in total. The molecule has 0 spiro atoms. The lowest BCUT2D eigenvalue weighted by atomic mass is 9.96. The van der Waals surface area contributed by atoms with Crippen LogP contribution in [0.2, 0.25) is 0 Å². The highest BCUT2D eigenvalue weighted by atomic mass is 32.2. The van der Waals surface area contributed by atoms with Crippen LogP contribution in [0, 0.1) is 13.8 Å². The van der Waals surface area contributed by atoms with E-state index in [1.54, 1.807) is 18.7 Å². The van der Waals surface area contributed by atoms with Gasteiger partial charge < -0.3 is 10.4 Å². The highest BCUT2D eigenvalue weighted by Gasteiger charge is 2.33. The standard InChI is InChI=1S/C16H25NO2S/c1-6-17-16(5,15(18)19)10-13(4)20-14-9-11(2)7-8-12(14)3/h7-9,13,17H,6,10H2,1-5H3,(H,18,19). The first-order valence-corrected chi connectivity index (χ1v) is 7.89. The average Bonchev–Trinajstić information content (AvgIpc) is 2.33. The van der Waals surface area contributed by atoms with E-state index < -0.39 is 11.5 Å². The third-order valence-electron chi connectivity index (χ3n) is 3.41. The molecule has 0 saturated carbocycles. The van der Waals surface area contributed by atoms with Gasteiger partial charge in [-0.3, -0.25) is 4.79 Å². The predicted octanol–water partition coefficient (Wildman–Crippen LogP) is 3.63. The number of likely N-dealkylation sites (N-methyl/N-ethyl adjacent to an activating group) is 1. The number of thioether (sulfide) groups is 1. The van der Waals surface area contributed by atoms with E-state index in [1.807, 2.05) is 6.92 Å². The van der Waals surface area contributed by atoms with Crippen molar-refractivity contribution in [1.82, 2.24) is 5.32 Å². The minimum Gasteiger partial charge on any atom is -0.480 e. The summed E-state index contributed by atoms with van der Waals surface area (Å²) in [6.07, 6.45) is 0.591. The van der Waals surface area contributed by atoms with Gasteiger partial charge in [-0.25, -0.2) is 0 Å². The van der Waals surface area contributed by atoms with Crippen molar-refractivity contribution in [3.05, 3.63) is 29.3 Å². The molecule has 0 aliphatic rings. The second-order valence-corrected chi connectivity index (χ2v) is 7.05. The third-order valence-corrected chi connectivity index (χ3v) is 4.67. The molecule has 2 unspecified atom stereocenters. The Morgan fingerprint density at radius 1 is 1.45 bits per heavy atom. The molecule has 0 aromatic heterocycles. The number of hydrogen-bond donors (Lipinski definition) is 2. The lowest BCUT2D eigenvalue weighted by Crippen LogP contribution is -2.50. The van der Waals surface area contributed by atoms with Gasteiger partial charge >= 0.3 is 5.97 Å². The van der Waals surface area contributed by atoms with Crippen molar-refractivity contribution in [1.29, 1.82) is 0 Å². The Morgan fingerprint density at radius 2 is 2.10 bits per heavy atom. The van der Waals surface area contributed by atoms with E-state index in [2.05, 4.69) is 44.3 Å². The van der Waals surface area contributed by atoms with Crippen LogP contribution in [-0.4, -0.2) is 28.4 Å². The number of hydrogen-bond acceptors (Lipinski definition) is 3. The lowest BCUT2D eigenvalue weighted by molar-refractivity contribution is -0.144. The molecule has 2 atom stereocenters. The van der Waals surface area contributed by atoms with Crippen LogP contribution >= 0.6 is 11.8 Å². The molecule has 0 aliphatic carbocycles. The summed E-state index contributed by atoms with van der Waals surface area (Å²) in [4.78, 5) is 12.7. The van der Waals surface area contributed by atoms with Crippen LogP contribution in [0.4, 0.5) is 0 Å².